The molecule has 0 saturated heterocycles. The molecule has 1 aliphatic heterocycles. The standard InChI is InChI=1S/C13H16N2O3S/c1-2-18-12(16)7-14-10-8-19-11-6-4-3-5-9(11)15-13(10)17/h3-6,10,14H,2,7-8H2,1H3,(H,15,17)/t10-/m0/s1. The summed E-state index contributed by atoms with van der Waals surface area (Å²) in [5.41, 5.74) is 0.818. The van der Waals surface area contributed by atoms with Gasteiger partial charge >= 0.3 is 5.97 Å². The minimum atomic E-state index is -0.401. The molecule has 5 nitrogen and oxygen atoms in total. The van der Waals surface area contributed by atoms with Crippen LogP contribution in [-0.4, -0.2) is 36.8 Å². The highest BCUT2D eigenvalue weighted by atomic mass is 32.2. The minimum Gasteiger partial charge on any atom is -0.465 e. The van der Waals surface area contributed by atoms with Gasteiger partial charge in [-0.15, -0.1) is 11.8 Å². The average molecular weight is 280 g/mol. The molecular weight excluding hydrogens is 264 g/mol. The Morgan fingerprint density at radius 1 is 1.53 bits per heavy atom. The molecule has 19 heavy (non-hydrogen) atoms. The second-order valence-corrected chi connectivity index (χ2v) is 5.10. The number of carbonyl (C=O) groups is 2. The molecule has 0 radical (unpaired) electrons. The zero-order valence-corrected chi connectivity index (χ0v) is 11.5. The van der Waals surface area contributed by atoms with E-state index in [-0.39, 0.29) is 18.4 Å². The van der Waals surface area contributed by atoms with E-state index in [0.717, 1.165) is 10.6 Å². The maximum Gasteiger partial charge on any atom is 0.319 e. The Kier molecular flexibility index (Phi) is 4.81. The van der Waals surface area contributed by atoms with Crippen molar-refractivity contribution in [1.29, 1.82) is 0 Å². The Bertz CT molecular complexity index is 479. The van der Waals surface area contributed by atoms with E-state index < -0.39 is 6.04 Å². The molecule has 0 unspecified atom stereocenters. The van der Waals surface area contributed by atoms with E-state index in [0.29, 0.717) is 12.4 Å². The lowest BCUT2D eigenvalue weighted by Crippen LogP contribution is -2.44. The van der Waals surface area contributed by atoms with Gasteiger partial charge < -0.3 is 10.1 Å². The van der Waals surface area contributed by atoms with Gasteiger partial charge in [0.15, 0.2) is 0 Å². The Labute approximate surface area is 116 Å². The van der Waals surface area contributed by atoms with Crippen molar-refractivity contribution in [3.8, 4) is 0 Å². The molecule has 1 atom stereocenters. The van der Waals surface area contributed by atoms with Crippen LogP contribution in [0.15, 0.2) is 29.2 Å². The Hall–Kier alpha value is -1.53. The molecule has 102 valence electrons. The van der Waals surface area contributed by atoms with Gasteiger partial charge in [-0.3, -0.25) is 14.9 Å². The maximum absolute atomic E-state index is 12.0. The summed E-state index contributed by atoms with van der Waals surface area (Å²) in [5.74, 6) is 0.117. The van der Waals surface area contributed by atoms with E-state index in [1.54, 1.807) is 18.7 Å². The number of amides is 1. The zero-order valence-electron chi connectivity index (χ0n) is 10.6. The van der Waals surface area contributed by atoms with Crippen LogP contribution in [0.25, 0.3) is 0 Å². The minimum absolute atomic E-state index is 0.0445. The Morgan fingerprint density at radius 2 is 2.32 bits per heavy atom. The molecule has 2 rings (SSSR count). The van der Waals surface area contributed by atoms with Gasteiger partial charge in [0.25, 0.3) is 0 Å². The maximum atomic E-state index is 12.0. The van der Waals surface area contributed by atoms with Crippen LogP contribution in [0.1, 0.15) is 6.92 Å². The molecule has 1 aliphatic rings. The van der Waals surface area contributed by atoms with Crippen molar-refractivity contribution < 1.29 is 14.3 Å². The van der Waals surface area contributed by atoms with E-state index in [4.69, 9.17) is 4.74 Å². The third-order valence-electron chi connectivity index (χ3n) is 2.67. The summed E-state index contributed by atoms with van der Waals surface area (Å²) in [6, 6.07) is 7.25. The third-order valence-corrected chi connectivity index (χ3v) is 3.83. The predicted octanol–water partition coefficient (Wildman–Crippen LogP) is 1.25. The van der Waals surface area contributed by atoms with Gasteiger partial charge in [-0.1, -0.05) is 12.1 Å². The topological polar surface area (TPSA) is 67.4 Å². The molecule has 0 aromatic heterocycles. The molecule has 0 spiro atoms. The second kappa shape index (κ2) is 6.58. The summed E-state index contributed by atoms with van der Waals surface area (Å²) < 4.78 is 4.82. The molecule has 0 bridgehead atoms. The Balaban J connectivity index is 1.95. The van der Waals surface area contributed by atoms with Gasteiger partial charge in [-0.25, -0.2) is 0 Å². The summed E-state index contributed by atoms with van der Waals surface area (Å²) in [4.78, 5) is 24.3. The van der Waals surface area contributed by atoms with E-state index in [1.165, 1.54) is 0 Å². The van der Waals surface area contributed by atoms with Crippen LogP contribution < -0.4 is 10.6 Å². The number of thioether (sulfide) groups is 1. The van der Waals surface area contributed by atoms with E-state index >= 15 is 0 Å². The van der Waals surface area contributed by atoms with E-state index in [2.05, 4.69) is 10.6 Å². The van der Waals surface area contributed by atoms with Crippen molar-refractivity contribution in [2.45, 2.75) is 17.9 Å². The molecule has 2 N–H and O–H groups in total. The average Bonchev–Trinajstić information content (AvgIpc) is 2.55. The number of nitrogens with one attached hydrogen (secondary N) is 2. The first-order valence-electron chi connectivity index (χ1n) is 6.12. The smallest absolute Gasteiger partial charge is 0.319 e. The van der Waals surface area contributed by atoms with Gasteiger partial charge in [0, 0.05) is 10.6 Å². The molecule has 1 amide bonds. The summed E-state index contributed by atoms with van der Waals surface area (Å²) in [6.45, 7) is 2.14. The summed E-state index contributed by atoms with van der Waals surface area (Å²) in [6.07, 6.45) is 0. The third kappa shape index (κ3) is 3.71. The summed E-state index contributed by atoms with van der Waals surface area (Å²) in [5, 5.41) is 5.78. The van der Waals surface area contributed by atoms with Gasteiger partial charge in [0.2, 0.25) is 5.91 Å². The summed E-state index contributed by atoms with van der Waals surface area (Å²) in [7, 11) is 0. The lowest BCUT2D eigenvalue weighted by Gasteiger charge is -2.13. The fraction of sp³-hybridized carbons (Fsp3) is 0.385. The van der Waals surface area contributed by atoms with Crippen LogP contribution in [0.2, 0.25) is 0 Å². The van der Waals surface area contributed by atoms with E-state index in [9.17, 15) is 9.59 Å². The molecule has 1 aromatic rings. The van der Waals surface area contributed by atoms with Crippen LogP contribution in [0.3, 0.4) is 0 Å². The van der Waals surface area contributed by atoms with Crippen LogP contribution in [0.4, 0.5) is 5.69 Å². The van der Waals surface area contributed by atoms with Crippen LogP contribution >= 0.6 is 11.8 Å². The first-order chi connectivity index (χ1) is 9.20. The van der Waals surface area contributed by atoms with E-state index in [1.807, 2.05) is 24.3 Å². The molecule has 6 heteroatoms. The number of anilines is 1. The molecule has 0 saturated carbocycles. The lowest BCUT2D eigenvalue weighted by atomic mass is 10.2. The zero-order chi connectivity index (χ0) is 13.7. The number of para-hydroxylation sites is 1. The van der Waals surface area contributed by atoms with Crippen LogP contribution in [0, 0.1) is 0 Å². The van der Waals surface area contributed by atoms with Crippen molar-refractivity contribution in [2.75, 3.05) is 24.2 Å². The second-order valence-electron chi connectivity index (χ2n) is 4.03. The van der Waals surface area contributed by atoms with Crippen LogP contribution in [0.5, 0.6) is 0 Å². The number of hydrogen-bond acceptors (Lipinski definition) is 5. The monoisotopic (exact) mass is 280 g/mol. The molecule has 0 aliphatic carbocycles. The highest BCUT2D eigenvalue weighted by Crippen LogP contribution is 2.30. The number of esters is 1. The predicted molar refractivity (Wildman–Crippen MR) is 74.2 cm³/mol. The molecular formula is C13H16N2O3S. The number of carbonyl (C=O) groups excluding carboxylic acids is 2. The fourth-order valence-electron chi connectivity index (χ4n) is 1.73. The highest BCUT2D eigenvalue weighted by molar-refractivity contribution is 7.99. The molecule has 0 fully saturated rings. The number of ether oxygens (including phenoxy) is 1. The lowest BCUT2D eigenvalue weighted by molar-refractivity contribution is -0.142. The molecule has 1 aromatic carbocycles. The SMILES string of the molecule is CCOC(=O)CN[C@H]1CSc2ccccc2NC1=O. The van der Waals surface area contributed by atoms with Crippen LogP contribution in [-0.2, 0) is 14.3 Å². The number of rotatable bonds is 4. The van der Waals surface area contributed by atoms with Crippen molar-refractivity contribution in [3.05, 3.63) is 24.3 Å². The normalized spacial score (nSPS) is 18.2. The number of benzene rings is 1. The fourth-order valence-corrected chi connectivity index (χ4v) is 2.80. The van der Waals surface area contributed by atoms with Gasteiger partial charge in [0.05, 0.1) is 24.9 Å². The van der Waals surface area contributed by atoms with Gasteiger partial charge in [-0.2, -0.15) is 0 Å². The van der Waals surface area contributed by atoms with Gasteiger partial charge in [0.1, 0.15) is 0 Å². The number of hydrogen-bond donors (Lipinski definition) is 2. The summed E-state index contributed by atoms with van der Waals surface area (Å²) >= 11 is 1.59. The quantitative estimate of drug-likeness (QED) is 0.813. The van der Waals surface area contributed by atoms with Crippen molar-refractivity contribution in [3.63, 3.8) is 0 Å². The van der Waals surface area contributed by atoms with Crippen molar-refractivity contribution >= 4 is 29.3 Å². The largest absolute Gasteiger partial charge is 0.465 e. The van der Waals surface area contributed by atoms with Crippen molar-refractivity contribution in [2.24, 2.45) is 0 Å². The number of fused-ring (bicyclic) bond motifs is 1. The molecule has 1 heterocycles. The Morgan fingerprint density at radius 3 is 3.11 bits per heavy atom. The van der Waals surface area contributed by atoms with Crippen molar-refractivity contribution in [1.82, 2.24) is 5.32 Å². The first kappa shape index (κ1) is 13.9. The first-order valence-corrected chi connectivity index (χ1v) is 7.11. The van der Waals surface area contributed by atoms with Gasteiger partial charge in [-0.05, 0) is 19.1 Å². The highest BCUT2D eigenvalue weighted by Gasteiger charge is 2.24.